The number of benzene rings is 2. The van der Waals surface area contributed by atoms with Gasteiger partial charge in [-0.05, 0) is 18.6 Å². The fourth-order valence-corrected chi connectivity index (χ4v) is 2.80. The van der Waals surface area contributed by atoms with Crippen LogP contribution in [-0.2, 0) is 12.4 Å². The van der Waals surface area contributed by atoms with Crippen molar-refractivity contribution in [1.29, 1.82) is 0 Å². The highest BCUT2D eigenvalue weighted by molar-refractivity contribution is 6.31. The number of rotatable bonds is 3. The molecule has 0 aliphatic carbocycles. The van der Waals surface area contributed by atoms with Gasteiger partial charge in [-0.25, -0.2) is 9.37 Å². The summed E-state index contributed by atoms with van der Waals surface area (Å²) in [5.41, 5.74) is 3.69. The molecule has 108 valence electrons. The summed E-state index contributed by atoms with van der Waals surface area (Å²) in [7, 11) is 0. The Labute approximate surface area is 132 Å². The van der Waals surface area contributed by atoms with Gasteiger partial charge in [0, 0.05) is 12.6 Å². The lowest BCUT2D eigenvalue weighted by Crippen LogP contribution is -2.04. The molecule has 2 aromatic carbocycles. The lowest BCUT2D eigenvalue weighted by Gasteiger charge is -2.09. The van der Waals surface area contributed by atoms with Crippen molar-refractivity contribution < 1.29 is 4.39 Å². The predicted octanol–water partition coefficient (Wildman–Crippen LogP) is 4.92. The largest absolute Gasteiger partial charge is 0.322 e. The maximum Gasteiger partial charge on any atom is 0.144 e. The summed E-state index contributed by atoms with van der Waals surface area (Å²) >= 11 is 11.9. The molecule has 0 unspecified atom stereocenters. The molecule has 0 bridgehead atoms. The SMILES string of the molecule is Cc1cccc(Cn2c(CCl)nc3cc(F)c(Cl)cc32)c1. The molecule has 1 aromatic heterocycles. The molecular formula is C16H13Cl2FN2. The van der Waals surface area contributed by atoms with Crippen molar-refractivity contribution in [3.8, 4) is 0 Å². The van der Waals surface area contributed by atoms with Gasteiger partial charge in [0.25, 0.3) is 0 Å². The average molecular weight is 323 g/mol. The zero-order valence-electron chi connectivity index (χ0n) is 11.4. The second kappa shape index (κ2) is 5.66. The van der Waals surface area contributed by atoms with Crippen molar-refractivity contribution in [3.63, 3.8) is 0 Å². The Morgan fingerprint density at radius 3 is 2.76 bits per heavy atom. The van der Waals surface area contributed by atoms with Crippen molar-refractivity contribution >= 4 is 34.2 Å². The van der Waals surface area contributed by atoms with E-state index in [2.05, 4.69) is 11.1 Å². The van der Waals surface area contributed by atoms with E-state index in [1.807, 2.05) is 29.7 Å². The summed E-state index contributed by atoms with van der Waals surface area (Å²) in [5, 5.41) is 0.0917. The third kappa shape index (κ3) is 2.76. The van der Waals surface area contributed by atoms with Crippen molar-refractivity contribution in [2.45, 2.75) is 19.3 Å². The van der Waals surface area contributed by atoms with Crippen LogP contribution in [0.1, 0.15) is 17.0 Å². The lowest BCUT2D eigenvalue weighted by molar-refractivity contribution is 0.629. The van der Waals surface area contributed by atoms with Crippen LogP contribution in [0.25, 0.3) is 11.0 Å². The Kier molecular flexibility index (Phi) is 3.87. The van der Waals surface area contributed by atoms with E-state index in [9.17, 15) is 4.39 Å². The van der Waals surface area contributed by atoms with Crippen molar-refractivity contribution in [3.05, 3.63) is 64.2 Å². The Morgan fingerprint density at radius 2 is 2.05 bits per heavy atom. The molecule has 0 atom stereocenters. The quantitative estimate of drug-likeness (QED) is 0.625. The first-order valence-corrected chi connectivity index (χ1v) is 7.45. The molecule has 0 N–H and O–H groups in total. The fraction of sp³-hybridized carbons (Fsp3) is 0.188. The van der Waals surface area contributed by atoms with Crippen LogP contribution in [0.3, 0.4) is 0 Å². The van der Waals surface area contributed by atoms with Gasteiger partial charge in [0.15, 0.2) is 0 Å². The van der Waals surface area contributed by atoms with Crippen LogP contribution >= 0.6 is 23.2 Å². The Balaban J connectivity index is 2.14. The van der Waals surface area contributed by atoms with Gasteiger partial charge in [0.2, 0.25) is 0 Å². The topological polar surface area (TPSA) is 17.8 Å². The highest BCUT2D eigenvalue weighted by atomic mass is 35.5. The standard InChI is InChI=1S/C16H13Cl2FN2/c1-10-3-2-4-11(5-10)9-21-15-6-12(18)13(19)7-14(15)20-16(21)8-17/h2-7H,8-9H2,1H3. The third-order valence-corrected chi connectivity index (χ3v) is 3.94. The van der Waals surface area contributed by atoms with Crippen LogP contribution in [-0.4, -0.2) is 9.55 Å². The zero-order chi connectivity index (χ0) is 15.0. The summed E-state index contributed by atoms with van der Waals surface area (Å²) in [6.07, 6.45) is 0. The molecule has 0 aliphatic heterocycles. The van der Waals surface area contributed by atoms with E-state index in [1.54, 1.807) is 6.07 Å². The van der Waals surface area contributed by atoms with Crippen LogP contribution in [0, 0.1) is 12.7 Å². The van der Waals surface area contributed by atoms with Gasteiger partial charge >= 0.3 is 0 Å². The van der Waals surface area contributed by atoms with Crippen LogP contribution in [0.5, 0.6) is 0 Å². The van der Waals surface area contributed by atoms with E-state index in [-0.39, 0.29) is 10.9 Å². The molecule has 3 rings (SSSR count). The second-order valence-corrected chi connectivity index (χ2v) is 5.67. The summed E-state index contributed by atoms with van der Waals surface area (Å²) in [5.74, 6) is 0.500. The number of nitrogens with zero attached hydrogens (tertiary/aromatic N) is 2. The molecule has 0 saturated heterocycles. The first kappa shape index (κ1) is 14.4. The molecule has 0 fully saturated rings. The van der Waals surface area contributed by atoms with E-state index in [0.717, 1.165) is 11.1 Å². The number of halogens is 3. The molecule has 0 radical (unpaired) electrons. The van der Waals surface area contributed by atoms with E-state index < -0.39 is 5.82 Å². The highest BCUT2D eigenvalue weighted by Crippen LogP contribution is 2.25. The van der Waals surface area contributed by atoms with Crippen molar-refractivity contribution in [2.24, 2.45) is 0 Å². The van der Waals surface area contributed by atoms with Gasteiger partial charge in [-0.15, -0.1) is 11.6 Å². The number of alkyl halides is 1. The normalized spacial score (nSPS) is 11.2. The van der Waals surface area contributed by atoms with Gasteiger partial charge in [0.1, 0.15) is 11.6 Å². The molecular weight excluding hydrogens is 310 g/mol. The van der Waals surface area contributed by atoms with E-state index >= 15 is 0 Å². The minimum Gasteiger partial charge on any atom is -0.322 e. The Hall–Kier alpha value is -1.58. The minimum atomic E-state index is -0.467. The maximum atomic E-state index is 13.6. The van der Waals surface area contributed by atoms with Crippen molar-refractivity contribution in [1.82, 2.24) is 9.55 Å². The number of hydrogen-bond acceptors (Lipinski definition) is 1. The van der Waals surface area contributed by atoms with E-state index in [1.165, 1.54) is 11.6 Å². The van der Waals surface area contributed by atoms with Crippen LogP contribution in [0.15, 0.2) is 36.4 Å². The van der Waals surface area contributed by atoms with Gasteiger partial charge in [-0.1, -0.05) is 41.4 Å². The molecule has 1 heterocycles. The summed E-state index contributed by atoms with van der Waals surface area (Å²) in [6, 6.07) is 11.2. The number of fused-ring (bicyclic) bond motifs is 1. The summed E-state index contributed by atoms with van der Waals surface area (Å²) in [6.45, 7) is 2.67. The Bertz CT molecular complexity index is 811. The van der Waals surface area contributed by atoms with Crippen LogP contribution < -0.4 is 0 Å². The van der Waals surface area contributed by atoms with Gasteiger partial charge in [-0.3, -0.25) is 0 Å². The summed E-state index contributed by atoms with van der Waals surface area (Å²) in [4.78, 5) is 4.38. The molecule has 5 heteroatoms. The zero-order valence-corrected chi connectivity index (χ0v) is 12.9. The molecule has 0 aliphatic rings. The van der Waals surface area contributed by atoms with Crippen LogP contribution in [0.2, 0.25) is 5.02 Å². The third-order valence-electron chi connectivity index (χ3n) is 3.41. The number of imidazole rings is 1. The molecule has 0 amide bonds. The fourth-order valence-electron chi connectivity index (χ4n) is 2.44. The molecule has 21 heavy (non-hydrogen) atoms. The minimum absolute atomic E-state index is 0.0917. The van der Waals surface area contributed by atoms with E-state index in [0.29, 0.717) is 17.9 Å². The molecule has 2 nitrogen and oxygen atoms in total. The molecule has 0 spiro atoms. The van der Waals surface area contributed by atoms with Gasteiger partial charge in [0.05, 0.1) is 21.9 Å². The number of hydrogen-bond donors (Lipinski definition) is 0. The number of aromatic nitrogens is 2. The summed E-state index contributed by atoms with van der Waals surface area (Å²) < 4.78 is 15.5. The van der Waals surface area contributed by atoms with Crippen LogP contribution in [0.4, 0.5) is 4.39 Å². The van der Waals surface area contributed by atoms with Gasteiger partial charge < -0.3 is 4.57 Å². The molecule has 0 saturated carbocycles. The first-order chi connectivity index (χ1) is 10.1. The lowest BCUT2D eigenvalue weighted by atomic mass is 10.1. The van der Waals surface area contributed by atoms with Crippen molar-refractivity contribution in [2.75, 3.05) is 0 Å². The monoisotopic (exact) mass is 322 g/mol. The van der Waals surface area contributed by atoms with E-state index in [4.69, 9.17) is 23.2 Å². The average Bonchev–Trinajstić information content (AvgIpc) is 2.77. The number of aryl methyl sites for hydroxylation is 1. The maximum absolute atomic E-state index is 13.6. The first-order valence-electron chi connectivity index (χ1n) is 6.54. The molecule has 3 aromatic rings. The highest BCUT2D eigenvalue weighted by Gasteiger charge is 2.13. The van der Waals surface area contributed by atoms with Gasteiger partial charge in [-0.2, -0.15) is 0 Å². The smallest absolute Gasteiger partial charge is 0.144 e. The predicted molar refractivity (Wildman–Crippen MR) is 84.5 cm³/mol. The second-order valence-electron chi connectivity index (χ2n) is 4.99. The Morgan fingerprint density at radius 1 is 1.24 bits per heavy atom.